The van der Waals surface area contributed by atoms with Crippen molar-refractivity contribution in [1.82, 2.24) is 4.98 Å². The Kier molecular flexibility index (Phi) is 4.82. The number of aliphatic hydroxyl groups excluding tert-OH is 1. The number of carbonyl (C=O) groups is 2. The molecular weight excluding hydrogens is 426 g/mol. The zero-order valence-corrected chi connectivity index (χ0v) is 17.5. The molecule has 0 bridgehead atoms. The number of fused-ring (bicyclic) bond motifs is 1. The number of carbonyl (C=O) groups excluding carboxylic acids is 2. The standard InChI is InChI=1S/C26H18F2N2O3/c1-14-5-4-6-15(11-14)23-22(24(31)18-13-29-20-8-3-2-7-17(18)20)25(32)26(33)30(23)21-12-16(27)9-10-19(21)28/h2-13,23,29,31H,1H3/b24-22-. The van der Waals surface area contributed by atoms with E-state index in [4.69, 9.17) is 0 Å². The number of nitrogens with one attached hydrogen (secondary N) is 1. The van der Waals surface area contributed by atoms with Crippen LogP contribution < -0.4 is 4.90 Å². The Balaban J connectivity index is 1.79. The van der Waals surface area contributed by atoms with Crippen LogP contribution in [0.4, 0.5) is 14.5 Å². The van der Waals surface area contributed by atoms with E-state index in [9.17, 15) is 23.5 Å². The second-order valence-corrected chi connectivity index (χ2v) is 7.93. The molecule has 4 aromatic rings. The van der Waals surface area contributed by atoms with Crippen molar-refractivity contribution >= 4 is 34.0 Å². The van der Waals surface area contributed by atoms with Gasteiger partial charge in [-0.1, -0.05) is 48.0 Å². The normalized spacial score (nSPS) is 17.8. The molecule has 1 aliphatic rings. The van der Waals surface area contributed by atoms with Crippen molar-refractivity contribution in [3.8, 4) is 0 Å². The predicted octanol–water partition coefficient (Wildman–Crippen LogP) is 5.38. The summed E-state index contributed by atoms with van der Waals surface area (Å²) in [4.78, 5) is 30.3. The van der Waals surface area contributed by atoms with Crippen molar-refractivity contribution in [2.45, 2.75) is 13.0 Å². The number of anilines is 1. The van der Waals surface area contributed by atoms with Crippen LogP contribution >= 0.6 is 0 Å². The van der Waals surface area contributed by atoms with Gasteiger partial charge in [-0.2, -0.15) is 0 Å². The van der Waals surface area contributed by atoms with E-state index in [1.54, 1.807) is 36.5 Å². The minimum atomic E-state index is -1.14. The summed E-state index contributed by atoms with van der Waals surface area (Å²) < 4.78 is 28.8. The van der Waals surface area contributed by atoms with Gasteiger partial charge in [-0.15, -0.1) is 0 Å². The van der Waals surface area contributed by atoms with Gasteiger partial charge >= 0.3 is 0 Å². The van der Waals surface area contributed by atoms with Crippen LogP contribution in [0.1, 0.15) is 22.7 Å². The van der Waals surface area contributed by atoms with Gasteiger partial charge in [-0.05, 0) is 30.7 Å². The highest BCUT2D eigenvalue weighted by Gasteiger charge is 2.48. The van der Waals surface area contributed by atoms with Gasteiger partial charge in [0.1, 0.15) is 17.4 Å². The summed E-state index contributed by atoms with van der Waals surface area (Å²) in [6.07, 6.45) is 1.55. The zero-order chi connectivity index (χ0) is 23.3. The molecule has 5 nitrogen and oxygen atoms in total. The lowest BCUT2D eigenvalue weighted by molar-refractivity contribution is -0.132. The van der Waals surface area contributed by atoms with Gasteiger partial charge in [0.2, 0.25) is 0 Å². The molecule has 1 fully saturated rings. The topological polar surface area (TPSA) is 73.4 Å². The minimum absolute atomic E-state index is 0.195. The highest BCUT2D eigenvalue weighted by molar-refractivity contribution is 6.51. The summed E-state index contributed by atoms with van der Waals surface area (Å²) in [5, 5.41) is 11.9. The van der Waals surface area contributed by atoms with Crippen molar-refractivity contribution in [3.63, 3.8) is 0 Å². The number of hydrogen-bond donors (Lipinski definition) is 2. The monoisotopic (exact) mass is 444 g/mol. The SMILES string of the molecule is Cc1cccc(C2/C(=C(/O)c3c[nH]c4ccccc34)C(=O)C(=O)N2c2cc(F)ccc2F)c1. The Morgan fingerprint density at radius 1 is 1.00 bits per heavy atom. The molecule has 1 atom stereocenters. The number of aromatic nitrogens is 1. The number of hydrogen-bond acceptors (Lipinski definition) is 3. The summed E-state index contributed by atoms with van der Waals surface area (Å²) in [5.41, 5.74) is 1.82. The number of ketones is 1. The maximum atomic E-state index is 14.7. The van der Waals surface area contributed by atoms with Gasteiger partial charge < -0.3 is 10.1 Å². The number of nitrogens with zero attached hydrogens (tertiary/aromatic N) is 1. The Bertz CT molecular complexity index is 1470. The molecule has 1 aliphatic heterocycles. The zero-order valence-electron chi connectivity index (χ0n) is 17.5. The molecule has 1 saturated heterocycles. The van der Waals surface area contributed by atoms with E-state index in [1.807, 2.05) is 25.1 Å². The van der Waals surface area contributed by atoms with E-state index in [0.717, 1.165) is 34.2 Å². The molecule has 0 radical (unpaired) electrons. The van der Waals surface area contributed by atoms with Crippen LogP contribution in [0.15, 0.2) is 78.5 Å². The fourth-order valence-electron chi connectivity index (χ4n) is 4.32. The number of para-hydroxylation sites is 1. The molecule has 33 heavy (non-hydrogen) atoms. The minimum Gasteiger partial charge on any atom is -0.507 e. The lowest BCUT2D eigenvalue weighted by atomic mass is 9.94. The number of Topliss-reactive ketones (excluding diaryl/α,β-unsaturated/α-hetero) is 1. The van der Waals surface area contributed by atoms with E-state index in [0.29, 0.717) is 16.5 Å². The molecule has 0 spiro atoms. The molecule has 5 rings (SSSR count). The number of rotatable bonds is 3. The number of H-pyrrole nitrogens is 1. The molecule has 2 N–H and O–H groups in total. The first-order valence-corrected chi connectivity index (χ1v) is 10.3. The third-order valence-corrected chi connectivity index (χ3v) is 5.81. The summed E-state index contributed by atoms with van der Waals surface area (Å²) in [6.45, 7) is 1.83. The molecule has 1 unspecified atom stereocenters. The third kappa shape index (κ3) is 3.29. The van der Waals surface area contributed by atoms with Crippen molar-refractivity contribution < 1.29 is 23.5 Å². The van der Waals surface area contributed by atoms with Crippen LogP contribution in [0.25, 0.3) is 16.7 Å². The predicted molar refractivity (Wildman–Crippen MR) is 121 cm³/mol. The molecule has 7 heteroatoms. The molecule has 1 aromatic heterocycles. The lowest BCUT2D eigenvalue weighted by Gasteiger charge is -2.26. The van der Waals surface area contributed by atoms with E-state index in [1.165, 1.54) is 0 Å². The fourth-order valence-corrected chi connectivity index (χ4v) is 4.32. The van der Waals surface area contributed by atoms with E-state index >= 15 is 0 Å². The lowest BCUT2D eigenvalue weighted by Crippen LogP contribution is -2.30. The number of aliphatic hydroxyl groups is 1. The number of aryl methyl sites for hydroxylation is 1. The highest BCUT2D eigenvalue weighted by atomic mass is 19.1. The van der Waals surface area contributed by atoms with Gasteiger partial charge in [-0.25, -0.2) is 8.78 Å². The molecular formula is C26H18F2N2O3. The second-order valence-electron chi connectivity index (χ2n) is 7.93. The van der Waals surface area contributed by atoms with Crippen LogP contribution in [0.3, 0.4) is 0 Å². The van der Waals surface area contributed by atoms with Crippen LogP contribution in [0, 0.1) is 18.6 Å². The van der Waals surface area contributed by atoms with Crippen molar-refractivity contribution in [3.05, 3.63) is 107 Å². The Labute approximate surface area is 187 Å². The third-order valence-electron chi connectivity index (χ3n) is 5.81. The van der Waals surface area contributed by atoms with E-state index in [2.05, 4.69) is 4.98 Å². The molecule has 2 heterocycles. The summed E-state index contributed by atoms with van der Waals surface area (Å²) in [6, 6.07) is 15.7. The van der Waals surface area contributed by atoms with Crippen LogP contribution in [-0.2, 0) is 9.59 Å². The van der Waals surface area contributed by atoms with Gasteiger partial charge in [-0.3, -0.25) is 14.5 Å². The average molecular weight is 444 g/mol. The number of benzene rings is 3. The van der Waals surface area contributed by atoms with Gasteiger partial charge in [0.05, 0.1) is 17.3 Å². The van der Waals surface area contributed by atoms with Crippen molar-refractivity contribution in [2.75, 3.05) is 4.90 Å². The molecule has 1 amide bonds. The summed E-state index contributed by atoms with van der Waals surface area (Å²) >= 11 is 0. The molecule has 164 valence electrons. The first-order valence-electron chi connectivity index (χ1n) is 10.3. The first kappa shape index (κ1) is 20.6. The highest BCUT2D eigenvalue weighted by Crippen LogP contribution is 2.43. The van der Waals surface area contributed by atoms with Gasteiger partial charge in [0.25, 0.3) is 11.7 Å². The van der Waals surface area contributed by atoms with Crippen LogP contribution in [-0.4, -0.2) is 21.8 Å². The van der Waals surface area contributed by atoms with Gasteiger partial charge in [0, 0.05) is 28.7 Å². The molecule has 3 aromatic carbocycles. The van der Waals surface area contributed by atoms with Gasteiger partial charge in [0.15, 0.2) is 0 Å². The second kappa shape index (κ2) is 7.70. The Hall–Kier alpha value is -4.26. The Morgan fingerprint density at radius 3 is 2.58 bits per heavy atom. The summed E-state index contributed by atoms with van der Waals surface area (Å²) in [7, 11) is 0. The maximum Gasteiger partial charge on any atom is 0.300 e. The summed E-state index contributed by atoms with van der Waals surface area (Å²) in [5.74, 6) is -4.03. The smallest absolute Gasteiger partial charge is 0.300 e. The van der Waals surface area contributed by atoms with Crippen LogP contribution in [0.2, 0.25) is 0 Å². The largest absolute Gasteiger partial charge is 0.507 e. The maximum absolute atomic E-state index is 14.7. The number of amides is 1. The number of aromatic amines is 1. The van der Waals surface area contributed by atoms with E-state index < -0.39 is 35.1 Å². The van der Waals surface area contributed by atoms with Crippen molar-refractivity contribution in [2.24, 2.45) is 0 Å². The number of halogens is 2. The van der Waals surface area contributed by atoms with Crippen LogP contribution in [0.5, 0.6) is 0 Å². The Morgan fingerprint density at radius 2 is 1.79 bits per heavy atom. The first-order chi connectivity index (χ1) is 15.9. The van der Waals surface area contributed by atoms with E-state index in [-0.39, 0.29) is 11.3 Å². The fraction of sp³-hybridized carbons (Fsp3) is 0.0769. The molecule has 0 aliphatic carbocycles. The van der Waals surface area contributed by atoms with Crippen molar-refractivity contribution in [1.29, 1.82) is 0 Å². The quantitative estimate of drug-likeness (QED) is 0.253. The molecule has 0 saturated carbocycles. The average Bonchev–Trinajstić information content (AvgIpc) is 3.34.